The molecule has 0 aromatic carbocycles. The lowest BCUT2D eigenvalue weighted by Gasteiger charge is -1.94. The molecule has 1 fully saturated rings. The summed E-state index contributed by atoms with van der Waals surface area (Å²) in [6, 6.07) is 0. The SMILES string of the molecule is CC1OC1(C)C(N)=O. The predicted molar refractivity (Wildman–Crippen MR) is 28.1 cm³/mol. The molecule has 8 heavy (non-hydrogen) atoms. The van der Waals surface area contributed by atoms with Crippen LogP contribution >= 0.6 is 0 Å². The summed E-state index contributed by atoms with van der Waals surface area (Å²) in [6.07, 6.45) is 0.0139. The third-order valence-electron chi connectivity index (χ3n) is 1.63. The van der Waals surface area contributed by atoms with Crippen molar-refractivity contribution in [2.24, 2.45) is 5.73 Å². The highest BCUT2D eigenvalue weighted by Crippen LogP contribution is 2.34. The van der Waals surface area contributed by atoms with Gasteiger partial charge in [0.25, 0.3) is 5.91 Å². The van der Waals surface area contributed by atoms with Crippen molar-refractivity contribution in [3.05, 3.63) is 0 Å². The molecule has 0 saturated carbocycles. The van der Waals surface area contributed by atoms with Crippen molar-refractivity contribution in [1.29, 1.82) is 0 Å². The zero-order valence-corrected chi connectivity index (χ0v) is 4.97. The van der Waals surface area contributed by atoms with Gasteiger partial charge in [-0.25, -0.2) is 0 Å². The number of hydrogen-bond acceptors (Lipinski definition) is 2. The number of rotatable bonds is 1. The van der Waals surface area contributed by atoms with E-state index in [0.717, 1.165) is 0 Å². The number of carbonyl (C=O) groups excluding carboxylic acids is 1. The van der Waals surface area contributed by atoms with Crippen molar-refractivity contribution < 1.29 is 9.53 Å². The number of ether oxygens (including phenoxy) is 1. The monoisotopic (exact) mass is 115 g/mol. The Morgan fingerprint density at radius 3 is 2.25 bits per heavy atom. The fraction of sp³-hybridized carbons (Fsp3) is 0.800. The van der Waals surface area contributed by atoms with Gasteiger partial charge >= 0.3 is 0 Å². The van der Waals surface area contributed by atoms with Crippen molar-refractivity contribution in [2.75, 3.05) is 0 Å². The Kier molecular flexibility index (Phi) is 0.854. The molecule has 1 amide bonds. The molecular weight excluding hydrogens is 106 g/mol. The summed E-state index contributed by atoms with van der Waals surface area (Å²) in [6.45, 7) is 3.52. The summed E-state index contributed by atoms with van der Waals surface area (Å²) < 4.78 is 4.89. The van der Waals surface area contributed by atoms with Crippen molar-refractivity contribution in [1.82, 2.24) is 0 Å². The molecular formula is C5H9NO2. The van der Waals surface area contributed by atoms with Crippen LogP contribution in [-0.2, 0) is 9.53 Å². The van der Waals surface area contributed by atoms with E-state index in [1.807, 2.05) is 6.92 Å². The third kappa shape index (κ3) is 0.512. The van der Waals surface area contributed by atoms with Gasteiger partial charge in [0.15, 0.2) is 5.60 Å². The molecule has 0 bridgehead atoms. The minimum atomic E-state index is -0.653. The van der Waals surface area contributed by atoms with Crippen LogP contribution in [0, 0.1) is 0 Å². The molecule has 3 heteroatoms. The molecule has 1 aliphatic heterocycles. The molecule has 2 N–H and O–H groups in total. The molecule has 0 aromatic heterocycles. The molecule has 0 spiro atoms. The van der Waals surface area contributed by atoms with Gasteiger partial charge in [-0.15, -0.1) is 0 Å². The fourth-order valence-electron chi connectivity index (χ4n) is 0.592. The highest BCUT2D eigenvalue weighted by Gasteiger charge is 2.54. The average Bonchev–Trinajstić information content (AvgIpc) is 2.17. The Morgan fingerprint density at radius 2 is 2.25 bits per heavy atom. The maximum Gasteiger partial charge on any atom is 0.252 e. The van der Waals surface area contributed by atoms with Gasteiger partial charge in [-0.1, -0.05) is 0 Å². The van der Waals surface area contributed by atoms with Crippen LogP contribution in [0.1, 0.15) is 13.8 Å². The minimum Gasteiger partial charge on any atom is -0.367 e. The zero-order chi connectivity index (χ0) is 6.36. The molecule has 0 radical (unpaired) electrons. The van der Waals surface area contributed by atoms with E-state index in [1.54, 1.807) is 6.92 Å². The van der Waals surface area contributed by atoms with E-state index >= 15 is 0 Å². The van der Waals surface area contributed by atoms with Crippen LogP contribution in [0.15, 0.2) is 0 Å². The molecule has 3 nitrogen and oxygen atoms in total. The normalized spacial score (nSPS) is 44.0. The van der Waals surface area contributed by atoms with Crippen LogP contribution in [-0.4, -0.2) is 17.6 Å². The fourth-order valence-corrected chi connectivity index (χ4v) is 0.592. The molecule has 1 heterocycles. The molecule has 2 atom stereocenters. The number of carbonyl (C=O) groups is 1. The lowest BCUT2D eigenvalue weighted by Crippen LogP contribution is -2.30. The predicted octanol–water partition coefficient (Wildman–Crippen LogP) is -0.351. The van der Waals surface area contributed by atoms with Gasteiger partial charge in [0.05, 0.1) is 6.10 Å². The van der Waals surface area contributed by atoms with E-state index in [-0.39, 0.29) is 12.0 Å². The van der Waals surface area contributed by atoms with Gasteiger partial charge in [0.1, 0.15) is 0 Å². The number of primary amides is 1. The first-order valence-electron chi connectivity index (χ1n) is 2.55. The summed E-state index contributed by atoms with van der Waals surface area (Å²) in [5.74, 6) is -0.370. The standard InChI is InChI=1S/C5H9NO2/c1-3-5(2,8-3)4(6)7/h3H,1-2H3,(H2,6,7). The van der Waals surface area contributed by atoms with E-state index in [4.69, 9.17) is 10.5 Å². The van der Waals surface area contributed by atoms with Crippen LogP contribution in [0.4, 0.5) is 0 Å². The molecule has 1 rings (SSSR count). The highest BCUT2D eigenvalue weighted by molar-refractivity contribution is 5.86. The molecule has 1 aliphatic rings. The molecule has 46 valence electrons. The Hall–Kier alpha value is -0.570. The van der Waals surface area contributed by atoms with Crippen molar-refractivity contribution in [2.45, 2.75) is 25.6 Å². The van der Waals surface area contributed by atoms with Gasteiger partial charge in [0.2, 0.25) is 0 Å². The summed E-state index contributed by atoms with van der Waals surface area (Å²) >= 11 is 0. The van der Waals surface area contributed by atoms with Gasteiger partial charge in [-0.3, -0.25) is 4.79 Å². The van der Waals surface area contributed by atoms with E-state index in [2.05, 4.69) is 0 Å². The summed E-state index contributed by atoms with van der Waals surface area (Å²) in [7, 11) is 0. The first-order valence-corrected chi connectivity index (χ1v) is 2.55. The summed E-state index contributed by atoms with van der Waals surface area (Å²) in [4.78, 5) is 10.4. The third-order valence-corrected chi connectivity index (χ3v) is 1.63. The lowest BCUT2D eigenvalue weighted by molar-refractivity contribution is -0.122. The van der Waals surface area contributed by atoms with Crippen LogP contribution in [0.3, 0.4) is 0 Å². The second-order valence-electron chi connectivity index (χ2n) is 2.23. The van der Waals surface area contributed by atoms with Crippen LogP contribution in [0.5, 0.6) is 0 Å². The Labute approximate surface area is 47.8 Å². The molecule has 0 aliphatic carbocycles. The maximum atomic E-state index is 10.4. The molecule has 2 unspecified atom stereocenters. The first kappa shape index (κ1) is 5.56. The summed E-state index contributed by atoms with van der Waals surface area (Å²) in [5, 5.41) is 0. The zero-order valence-electron chi connectivity index (χ0n) is 4.97. The van der Waals surface area contributed by atoms with Crippen molar-refractivity contribution in [3.8, 4) is 0 Å². The largest absolute Gasteiger partial charge is 0.367 e. The topological polar surface area (TPSA) is 55.6 Å². The lowest BCUT2D eigenvalue weighted by atomic mass is 10.1. The Balaban J connectivity index is 2.60. The second-order valence-corrected chi connectivity index (χ2v) is 2.23. The first-order chi connectivity index (χ1) is 3.57. The van der Waals surface area contributed by atoms with E-state index in [0.29, 0.717) is 0 Å². The van der Waals surface area contributed by atoms with Gasteiger partial charge in [0, 0.05) is 0 Å². The minimum absolute atomic E-state index is 0.0139. The van der Waals surface area contributed by atoms with E-state index in [1.165, 1.54) is 0 Å². The van der Waals surface area contributed by atoms with Crippen LogP contribution < -0.4 is 5.73 Å². The second kappa shape index (κ2) is 1.23. The van der Waals surface area contributed by atoms with E-state index in [9.17, 15) is 4.79 Å². The van der Waals surface area contributed by atoms with Crippen molar-refractivity contribution in [3.63, 3.8) is 0 Å². The van der Waals surface area contributed by atoms with Crippen LogP contribution in [0.25, 0.3) is 0 Å². The Bertz CT molecular complexity index is 134. The van der Waals surface area contributed by atoms with E-state index < -0.39 is 5.60 Å². The van der Waals surface area contributed by atoms with Gasteiger partial charge in [-0.05, 0) is 13.8 Å². The van der Waals surface area contributed by atoms with Gasteiger partial charge in [-0.2, -0.15) is 0 Å². The maximum absolute atomic E-state index is 10.4. The quantitative estimate of drug-likeness (QED) is 0.475. The number of nitrogens with two attached hydrogens (primary N) is 1. The van der Waals surface area contributed by atoms with Crippen molar-refractivity contribution >= 4 is 5.91 Å². The van der Waals surface area contributed by atoms with Crippen LogP contribution in [0.2, 0.25) is 0 Å². The molecule has 1 saturated heterocycles. The Morgan fingerprint density at radius 1 is 1.88 bits per heavy atom. The highest BCUT2D eigenvalue weighted by atomic mass is 16.6. The average molecular weight is 115 g/mol. The number of hydrogen-bond donors (Lipinski definition) is 1. The smallest absolute Gasteiger partial charge is 0.252 e. The molecule has 0 aromatic rings. The number of epoxide rings is 1. The van der Waals surface area contributed by atoms with Gasteiger partial charge < -0.3 is 10.5 Å². The summed E-state index contributed by atoms with van der Waals surface area (Å²) in [5.41, 5.74) is 4.31. The number of amides is 1.